The topological polar surface area (TPSA) is 177 Å². The Bertz CT molecular complexity index is 1170. The van der Waals surface area contributed by atoms with Crippen LogP contribution in [0.15, 0.2) is 0 Å². The second-order valence-corrected chi connectivity index (χ2v) is 15.1. The molecule has 2 heterocycles. The summed E-state index contributed by atoms with van der Waals surface area (Å²) in [5.41, 5.74) is -0.614. The van der Waals surface area contributed by atoms with Crippen LogP contribution in [0.5, 0.6) is 0 Å². The lowest BCUT2D eigenvalue weighted by Gasteiger charge is -2.40. The summed E-state index contributed by atoms with van der Waals surface area (Å²) in [6, 6.07) is -5.32. The minimum Gasteiger partial charge on any atom is -0.391 e. The second-order valence-electron chi connectivity index (χ2n) is 15.1. The maximum atomic E-state index is 14.0. The van der Waals surface area contributed by atoms with E-state index in [1.165, 1.54) is 36.0 Å². The highest BCUT2D eigenvalue weighted by molar-refractivity contribution is 5.97. The molecule has 2 radical (unpaired) electrons. The van der Waals surface area contributed by atoms with Crippen molar-refractivity contribution in [3.63, 3.8) is 0 Å². The molecular weight excluding hydrogens is 628 g/mol. The minimum absolute atomic E-state index is 0.171. The van der Waals surface area contributed by atoms with Crippen LogP contribution in [0.2, 0.25) is 0 Å². The summed E-state index contributed by atoms with van der Waals surface area (Å²) in [6.45, 7) is 16.1. The predicted molar refractivity (Wildman–Crippen MR) is 184 cm³/mol. The average molecular weight is 689 g/mol. The van der Waals surface area contributed by atoms with Gasteiger partial charge in [-0.25, -0.2) is 0 Å². The molecule has 6 atom stereocenters. The fourth-order valence-electron chi connectivity index (χ4n) is 7.13. The van der Waals surface area contributed by atoms with Gasteiger partial charge in [0.1, 0.15) is 30.2 Å². The number of aliphatic hydroxyl groups is 1. The van der Waals surface area contributed by atoms with E-state index in [4.69, 9.17) is 6.92 Å². The highest BCUT2D eigenvalue weighted by Gasteiger charge is 2.43. The van der Waals surface area contributed by atoms with Gasteiger partial charge >= 0.3 is 0 Å². The molecule has 0 spiro atoms. The van der Waals surface area contributed by atoms with Crippen molar-refractivity contribution in [2.75, 3.05) is 19.6 Å². The number of hydrogen-bond acceptors (Lipinski definition) is 7. The summed E-state index contributed by atoms with van der Waals surface area (Å²) in [7, 11) is 0. The Morgan fingerprint density at radius 3 is 1.98 bits per heavy atom. The Kier molecular flexibility index (Phi) is 15.3. The first-order chi connectivity index (χ1) is 23.1. The normalized spacial score (nSPS) is 22.8. The van der Waals surface area contributed by atoms with E-state index >= 15 is 0 Å². The van der Waals surface area contributed by atoms with Crippen LogP contribution in [-0.2, 0) is 28.8 Å². The molecule has 3 rings (SSSR count). The summed E-state index contributed by atoms with van der Waals surface area (Å²) in [5, 5.41) is 20.9. The summed E-state index contributed by atoms with van der Waals surface area (Å²) >= 11 is 0. The first kappa shape index (κ1) is 40.2. The number of likely N-dealkylation sites (tertiary alicyclic amines) is 2. The van der Waals surface area contributed by atoms with E-state index in [1.54, 1.807) is 0 Å². The van der Waals surface area contributed by atoms with Crippen molar-refractivity contribution in [2.24, 2.45) is 11.3 Å². The molecule has 1 saturated carbocycles. The highest BCUT2D eigenvalue weighted by Crippen LogP contribution is 2.29. The lowest BCUT2D eigenvalue weighted by Crippen LogP contribution is -2.62. The molecule has 0 aromatic rings. The fraction of sp³-hybridized carbons (Fsp3) is 0.806. The van der Waals surface area contributed by atoms with Gasteiger partial charge in [0.05, 0.1) is 6.10 Å². The molecule has 276 valence electrons. The molecule has 13 heteroatoms. The monoisotopic (exact) mass is 688 g/mol. The third-order valence-electron chi connectivity index (χ3n) is 10.0. The van der Waals surface area contributed by atoms with E-state index in [1.807, 2.05) is 27.7 Å². The Hall–Kier alpha value is -3.22. The standard InChI is InChI=1S/C36H60N6O7/c1-7-20-37-33(47)29(24(3)43)40-32(46)27-17-13-22-41(27)34(48)23(2)38-31(45)26-16-11-12-21-42(26)35(49)30(36(4,5)6)39-28(44)19-18-25-14-9-8-10-15-25/h2,23-27,29-30,43H,7-22H2,1,3-6H3,(H,37,47)(H,38,45)(H,39,44)(H,40,46)/t23-,24?,26-,27-,29-,30+/m0/s1. The number of rotatable bonds is 14. The molecule has 49 heavy (non-hydrogen) atoms. The van der Waals surface area contributed by atoms with Crippen molar-refractivity contribution >= 4 is 35.4 Å². The second kappa shape index (κ2) is 18.7. The molecule has 2 aliphatic heterocycles. The van der Waals surface area contributed by atoms with Gasteiger partial charge < -0.3 is 36.2 Å². The third-order valence-corrected chi connectivity index (χ3v) is 10.0. The number of nitrogens with one attached hydrogen (secondary N) is 4. The van der Waals surface area contributed by atoms with E-state index in [0.717, 1.165) is 19.3 Å². The van der Waals surface area contributed by atoms with Crippen LogP contribution in [0.1, 0.15) is 118 Å². The molecular formula is C36H60N6O7. The maximum Gasteiger partial charge on any atom is 0.246 e. The summed E-state index contributed by atoms with van der Waals surface area (Å²) in [4.78, 5) is 82.7. The van der Waals surface area contributed by atoms with E-state index in [0.29, 0.717) is 64.0 Å². The van der Waals surface area contributed by atoms with Crippen molar-refractivity contribution < 1.29 is 33.9 Å². The number of piperidine rings is 1. The summed E-state index contributed by atoms with van der Waals surface area (Å²) < 4.78 is 0. The molecule has 1 unspecified atom stereocenters. The van der Waals surface area contributed by atoms with Gasteiger partial charge in [-0.15, -0.1) is 0 Å². The molecule has 0 aromatic carbocycles. The van der Waals surface area contributed by atoms with Crippen LogP contribution in [0.3, 0.4) is 0 Å². The first-order valence-corrected chi connectivity index (χ1v) is 18.4. The molecule has 6 amide bonds. The third kappa shape index (κ3) is 11.4. The molecule has 13 nitrogen and oxygen atoms in total. The molecule has 3 fully saturated rings. The zero-order chi connectivity index (χ0) is 36.3. The van der Waals surface area contributed by atoms with Crippen LogP contribution in [0.25, 0.3) is 0 Å². The Morgan fingerprint density at radius 1 is 0.796 bits per heavy atom. The number of hydrogen-bond donors (Lipinski definition) is 5. The van der Waals surface area contributed by atoms with Gasteiger partial charge in [-0.1, -0.05) is 59.8 Å². The van der Waals surface area contributed by atoms with Crippen LogP contribution in [0, 0.1) is 18.3 Å². The van der Waals surface area contributed by atoms with Crippen molar-refractivity contribution in [1.29, 1.82) is 0 Å². The maximum absolute atomic E-state index is 14.0. The molecule has 2 saturated heterocycles. The quantitative estimate of drug-likeness (QED) is 0.185. The Labute approximate surface area is 292 Å². The van der Waals surface area contributed by atoms with Gasteiger partial charge in [-0.2, -0.15) is 0 Å². The highest BCUT2D eigenvalue weighted by atomic mass is 16.3. The number of carbonyl (C=O) groups excluding carboxylic acids is 6. The number of amides is 6. The number of carbonyl (C=O) groups is 6. The molecule has 5 N–H and O–H groups in total. The largest absolute Gasteiger partial charge is 0.391 e. The van der Waals surface area contributed by atoms with Gasteiger partial charge in [0.15, 0.2) is 0 Å². The van der Waals surface area contributed by atoms with E-state index in [2.05, 4.69) is 21.3 Å². The van der Waals surface area contributed by atoms with Gasteiger partial charge in [-0.3, -0.25) is 28.8 Å². The molecule has 1 aliphatic carbocycles. The van der Waals surface area contributed by atoms with Gasteiger partial charge in [0, 0.05) is 26.1 Å². The molecule has 0 bridgehead atoms. The van der Waals surface area contributed by atoms with Crippen LogP contribution >= 0.6 is 0 Å². The van der Waals surface area contributed by atoms with Crippen molar-refractivity contribution in [1.82, 2.24) is 31.1 Å². The van der Waals surface area contributed by atoms with Crippen LogP contribution < -0.4 is 21.3 Å². The van der Waals surface area contributed by atoms with Gasteiger partial charge in [0.2, 0.25) is 35.4 Å². The molecule has 3 aliphatic rings. The first-order valence-electron chi connectivity index (χ1n) is 18.4. The summed E-state index contributed by atoms with van der Waals surface area (Å²) in [6.07, 6.45) is 9.18. The SMILES string of the molecule is [CH][C@H](NC(=O)[C@@H]1CCCCN1C(=O)[C@@H](NC(=O)CCC1CCCCC1)C(C)(C)C)C(=O)N1CCC[C@H]1C(=O)N[C@H](C(=O)NCCC)C(C)O. The van der Waals surface area contributed by atoms with Crippen LogP contribution in [-0.4, -0.2) is 106 Å². The predicted octanol–water partition coefficient (Wildman–Crippen LogP) is 1.84. The smallest absolute Gasteiger partial charge is 0.246 e. The van der Waals surface area contributed by atoms with E-state index in [-0.39, 0.29) is 18.4 Å². The Balaban J connectivity index is 1.64. The van der Waals surface area contributed by atoms with E-state index in [9.17, 15) is 33.9 Å². The van der Waals surface area contributed by atoms with Gasteiger partial charge in [-0.05, 0) is 70.1 Å². The van der Waals surface area contributed by atoms with Crippen molar-refractivity contribution in [2.45, 2.75) is 154 Å². The Morgan fingerprint density at radius 2 is 1.37 bits per heavy atom. The van der Waals surface area contributed by atoms with Gasteiger partial charge in [0.25, 0.3) is 0 Å². The minimum atomic E-state index is -1.47. The molecule has 0 aromatic heterocycles. The summed E-state index contributed by atoms with van der Waals surface area (Å²) in [5.74, 6) is -2.34. The zero-order valence-corrected chi connectivity index (χ0v) is 30.2. The lowest BCUT2D eigenvalue weighted by atomic mass is 9.84. The van der Waals surface area contributed by atoms with Crippen LogP contribution in [0.4, 0.5) is 0 Å². The zero-order valence-electron chi connectivity index (χ0n) is 30.2. The fourth-order valence-corrected chi connectivity index (χ4v) is 7.13. The van der Waals surface area contributed by atoms with E-state index < -0.39 is 65.4 Å². The number of aliphatic hydroxyl groups excluding tert-OH is 1. The van der Waals surface area contributed by atoms with Crippen molar-refractivity contribution in [3.05, 3.63) is 6.92 Å². The average Bonchev–Trinajstić information content (AvgIpc) is 3.57. The lowest BCUT2D eigenvalue weighted by molar-refractivity contribution is -0.148. The number of nitrogens with zero attached hydrogens (tertiary/aromatic N) is 2. The van der Waals surface area contributed by atoms with Crippen molar-refractivity contribution in [3.8, 4) is 0 Å².